The van der Waals surface area contributed by atoms with Crippen LogP contribution in [0.5, 0.6) is 0 Å². The van der Waals surface area contributed by atoms with Crippen LogP contribution in [0, 0.1) is 0 Å². The van der Waals surface area contributed by atoms with Crippen molar-refractivity contribution in [3.63, 3.8) is 0 Å². The summed E-state index contributed by atoms with van der Waals surface area (Å²) in [5.41, 5.74) is 9.31. The van der Waals surface area contributed by atoms with Crippen molar-refractivity contribution in [3.8, 4) is 0 Å². The molecule has 4 rings (SSSR count). The Morgan fingerprint density at radius 3 is 2.66 bits per heavy atom. The number of amides is 1. The van der Waals surface area contributed by atoms with Crippen LogP contribution in [-0.2, 0) is 24.0 Å². The number of nitrogens with one attached hydrogen (secondary N) is 1. The van der Waals surface area contributed by atoms with Crippen LogP contribution >= 0.6 is 22.7 Å². The molecule has 3 N–H and O–H groups in total. The third kappa shape index (κ3) is 4.52. The number of carbonyl (C=O) groups excluding carboxylic acids is 2. The molecule has 170 valence electrons. The van der Waals surface area contributed by atoms with Gasteiger partial charge in [-0.05, 0) is 56.7 Å². The molecule has 0 unspecified atom stereocenters. The van der Waals surface area contributed by atoms with E-state index >= 15 is 0 Å². The summed E-state index contributed by atoms with van der Waals surface area (Å²) in [5, 5.41) is 4.35. The number of fused-ring (bicyclic) bond motifs is 2. The zero-order valence-electron chi connectivity index (χ0n) is 18.6. The molecule has 32 heavy (non-hydrogen) atoms. The van der Waals surface area contributed by atoms with Crippen molar-refractivity contribution in [2.45, 2.75) is 65.2 Å². The molecule has 8 heteroatoms. The highest BCUT2D eigenvalue weighted by molar-refractivity contribution is 7.21. The van der Waals surface area contributed by atoms with Gasteiger partial charge in [0.05, 0.1) is 17.9 Å². The number of pyridine rings is 1. The van der Waals surface area contributed by atoms with Gasteiger partial charge in [0.25, 0.3) is 5.91 Å². The summed E-state index contributed by atoms with van der Waals surface area (Å²) in [5.74, 6) is -0.668. The Morgan fingerprint density at radius 2 is 1.91 bits per heavy atom. The van der Waals surface area contributed by atoms with Crippen LogP contribution in [0.4, 0.5) is 10.7 Å². The maximum Gasteiger partial charge on any atom is 0.341 e. The van der Waals surface area contributed by atoms with Crippen LogP contribution in [0.1, 0.15) is 82.1 Å². The van der Waals surface area contributed by atoms with Crippen LogP contribution in [0.25, 0.3) is 10.2 Å². The number of aryl methyl sites for hydroxylation is 2. The number of esters is 1. The SMILES string of the molecule is CCCc1ccc2c(N)c(C(=O)Nc3sc4c(c3C(=O)OCC)CCCCCC4)sc2n1. The Morgan fingerprint density at radius 1 is 1.12 bits per heavy atom. The van der Waals surface area contributed by atoms with Gasteiger partial charge < -0.3 is 15.8 Å². The molecular formula is C24H29N3O3S2. The molecule has 3 aromatic heterocycles. The number of nitrogen functional groups attached to an aromatic ring is 1. The highest BCUT2D eigenvalue weighted by Crippen LogP contribution is 2.39. The van der Waals surface area contributed by atoms with Crippen molar-refractivity contribution in [1.82, 2.24) is 4.98 Å². The molecule has 0 atom stereocenters. The van der Waals surface area contributed by atoms with Crippen LogP contribution in [-0.4, -0.2) is 23.5 Å². The lowest BCUT2D eigenvalue weighted by Crippen LogP contribution is -2.15. The number of nitrogens with zero attached hydrogens (tertiary/aromatic N) is 1. The van der Waals surface area contributed by atoms with Gasteiger partial charge in [0.15, 0.2) is 0 Å². The predicted octanol–water partition coefficient (Wildman–Crippen LogP) is 5.98. The van der Waals surface area contributed by atoms with Crippen LogP contribution in [0.15, 0.2) is 12.1 Å². The van der Waals surface area contributed by atoms with Crippen molar-refractivity contribution in [1.29, 1.82) is 0 Å². The topological polar surface area (TPSA) is 94.3 Å². The van der Waals surface area contributed by atoms with E-state index in [0.29, 0.717) is 27.7 Å². The summed E-state index contributed by atoms with van der Waals surface area (Å²) in [4.78, 5) is 33.1. The highest BCUT2D eigenvalue weighted by atomic mass is 32.1. The highest BCUT2D eigenvalue weighted by Gasteiger charge is 2.27. The predicted molar refractivity (Wildman–Crippen MR) is 132 cm³/mol. The first kappa shape index (κ1) is 22.7. The number of aromatic nitrogens is 1. The number of rotatable bonds is 6. The van der Waals surface area contributed by atoms with E-state index in [0.717, 1.165) is 66.4 Å². The average Bonchev–Trinajstić information content (AvgIpc) is 3.25. The Balaban J connectivity index is 1.69. The lowest BCUT2D eigenvalue weighted by atomic mass is 9.96. The maximum absolute atomic E-state index is 13.2. The van der Waals surface area contributed by atoms with Gasteiger partial charge in [-0.25, -0.2) is 9.78 Å². The third-order valence-electron chi connectivity index (χ3n) is 5.74. The lowest BCUT2D eigenvalue weighted by Gasteiger charge is -2.11. The van der Waals surface area contributed by atoms with Gasteiger partial charge in [0.2, 0.25) is 0 Å². The van der Waals surface area contributed by atoms with E-state index < -0.39 is 0 Å². The Bertz CT molecular complexity index is 1150. The molecule has 0 aromatic carbocycles. The number of ether oxygens (including phenoxy) is 1. The van der Waals surface area contributed by atoms with Crippen LogP contribution in [0.3, 0.4) is 0 Å². The van der Waals surface area contributed by atoms with E-state index in [-0.39, 0.29) is 11.9 Å². The first-order valence-electron chi connectivity index (χ1n) is 11.3. The Kier molecular flexibility index (Phi) is 7.10. The molecule has 3 aromatic rings. The second kappa shape index (κ2) is 10.0. The minimum absolute atomic E-state index is 0.297. The second-order valence-electron chi connectivity index (χ2n) is 8.05. The summed E-state index contributed by atoms with van der Waals surface area (Å²) in [6.07, 6.45) is 8.15. The fourth-order valence-corrected chi connectivity index (χ4v) is 6.47. The first-order chi connectivity index (χ1) is 15.5. The average molecular weight is 472 g/mol. The standard InChI is InChI=1S/C24H29N3O3S2/c1-3-9-14-12-13-16-19(25)20(32-22(16)26-14)21(28)27-23-18(24(29)30-4-2)15-10-7-5-6-8-11-17(15)31-23/h12-13H,3-11,25H2,1-2H3,(H,27,28). The quantitative estimate of drug-likeness (QED) is 0.431. The second-order valence-corrected chi connectivity index (χ2v) is 10.2. The van der Waals surface area contributed by atoms with E-state index in [1.54, 1.807) is 6.92 Å². The number of nitrogens with two attached hydrogens (primary N) is 1. The molecule has 0 radical (unpaired) electrons. The van der Waals surface area contributed by atoms with E-state index in [1.807, 2.05) is 12.1 Å². The minimum Gasteiger partial charge on any atom is -0.462 e. The minimum atomic E-state index is -0.365. The van der Waals surface area contributed by atoms with Gasteiger partial charge in [-0.15, -0.1) is 22.7 Å². The molecule has 1 aliphatic rings. The summed E-state index contributed by atoms with van der Waals surface area (Å²) in [7, 11) is 0. The molecule has 6 nitrogen and oxygen atoms in total. The fraction of sp³-hybridized carbons (Fsp3) is 0.458. The summed E-state index contributed by atoms with van der Waals surface area (Å²) >= 11 is 2.80. The van der Waals surface area contributed by atoms with Crippen LogP contribution in [0.2, 0.25) is 0 Å². The van der Waals surface area contributed by atoms with Crippen molar-refractivity contribution in [2.75, 3.05) is 17.7 Å². The lowest BCUT2D eigenvalue weighted by molar-refractivity contribution is 0.0526. The number of carbonyl (C=O) groups is 2. The van der Waals surface area contributed by atoms with Crippen LogP contribution < -0.4 is 11.1 Å². The Hall–Kier alpha value is -2.45. The number of hydrogen-bond acceptors (Lipinski definition) is 7. The molecule has 0 aliphatic heterocycles. The van der Waals surface area contributed by atoms with E-state index in [9.17, 15) is 9.59 Å². The Labute approximate surface area is 196 Å². The molecule has 1 amide bonds. The van der Waals surface area contributed by atoms with E-state index in [2.05, 4.69) is 17.2 Å². The fourth-order valence-electron chi connectivity index (χ4n) is 4.19. The third-order valence-corrected chi connectivity index (χ3v) is 8.06. The van der Waals surface area contributed by atoms with Gasteiger partial charge >= 0.3 is 5.97 Å². The molecule has 0 spiro atoms. The normalized spacial score (nSPS) is 13.9. The van der Waals surface area contributed by atoms with Crippen molar-refractivity contribution < 1.29 is 14.3 Å². The van der Waals surface area contributed by atoms with Gasteiger partial charge in [-0.3, -0.25) is 4.79 Å². The number of thiophene rings is 2. The van der Waals surface area contributed by atoms with Gasteiger partial charge in [0.1, 0.15) is 14.7 Å². The smallest absolute Gasteiger partial charge is 0.341 e. The molecule has 1 aliphatic carbocycles. The summed E-state index contributed by atoms with van der Waals surface area (Å²) in [6, 6.07) is 3.91. The number of anilines is 2. The van der Waals surface area contributed by atoms with Gasteiger partial charge in [-0.2, -0.15) is 0 Å². The van der Waals surface area contributed by atoms with E-state index in [4.69, 9.17) is 10.5 Å². The molecule has 3 heterocycles. The molecule has 0 fully saturated rings. The molecule has 0 saturated heterocycles. The zero-order valence-corrected chi connectivity index (χ0v) is 20.2. The van der Waals surface area contributed by atoms with Gasteiger partial charge in [0, 0.05) is 16.0 Å². The van der Waals surface area contributed by atoms with Crippen molar-refractivity contribution >= 4 is 55.5 Å². The molecule has 0 bridgehead atoms. The zero-order chi connectivity index (χ0) is 22.7. The monoisotopic (exact) mass is 471 g/mol. The largest absolute Gasteiger partial charge is 0.462 e. The maximum atomic E-state index is 13.2. The summed E-state index contributed by atoms with van der Waals surface area (Å²) in [6.45, 7) is 4.20. The van der Waals surface area contributed by atoms with Crippen molar-refractivity contribution in [3.05, 3.63) is 38.7 Å². The summed E-state index contributed by atoms with van der Waals surface area (Å²) < 4.78 is 5.34. The first-order valence-corrected chi connectivity index (χ1v) is 13.0. The van der Waals surface area contributed by atoms with Crippen molar-refractivity contribution in [2.24, 2.45) is 0 Å². The molecule has 0 saturated carbocycles. The van der Waals surface area contributed by atoms with Gasteiger partial charge in [-0.1, -0.05) is 26.2 Å². The molecular weight excluding hydrogens is 442 g/mol. The van der Waals surface area contributed by atoms with E-state index in [1.165, 1.54) is 34.0 Å². The number of hydrogen-bond donors (Lipinski definition) is 2.